The fourth-order valence-corrected chi connectivity index (χ4v) is 3.22. The van der Waals surface area contributed by atoms with Gasteiger partial charge in [-0.25, -0.2) is 0 Å². The lowest BCUT2D eigenvalue weighted by atomic mass is 9.81. The molecular weight excluding hydrogens is 231 g/mol. The zero-order valence-electron chi connectivity index (χ0n) is 12.9. The molecule has 1 aliphatic heterocycles. The summed E-state index contributed by atoms with van der Waals surface area (Å²) in [6.07, 6.45) is 10.0. The molecule has 19 heavy (non-hydrogen) atoms. The molecule has 2 rings (SSSR count). The van der Waals surface area contributed by atoms with Crippen LogP contribution in [-0.4, -0.2) is 48.8 Å². The average molecular weight is 261 g/mol. The van der Waals surface area contributed by atoms with Crippen molar-refractivity contribution in [3.05, 3.63) is 12.7 Å². The highest BCUT2D eigenvalue weighted by atomic mass is 15.3. The van der Waals surface area contributed by atoms with Gasteiger partial charge in [-0.2, -0.15) is 0 Å². The number of allylic oxidation sites excluding steroid dienone is 1. The molecule has 0 unspecified atom stereocenters. The van der Waals surface area contributed by atoms with Gasteiger partial charge in [0.15, 0.2) is 0 Å². The lowest BCUT2D eigenvalue weighted by molar-refractivity contribution is 0.0748. The summed E-state index contributed by atoms with van der Waals surface area (Å²) in [6.45, 7) is 12.3. The molecule has 0 aromatic carbocycles. The van der Waals surface area contributed by atoms with Crippen molar-refractivity contribution in [1.82, 2.24) is 9.71 Å². The number of hydrogen-bond donors (Lipinski definition) is 0. The van der Waals surface area contributed by atoms with Gasteiger partial charge in [-0.15, -0.1) is 6.58 Å². The van der Waals surface area contributed by atoms with Crippen LogP contribution in [0, 0.1) is 5.92 Å². The number of rotatable bonds is 8. The van der Waals surface area contributed by atoms with Gasteiger partial charge in [0.25, 0.3) is 0 Å². The van der Waals surface area contributed by atoms with Crippen LogP contribution >= 0.6 is 0 Å². The van der Waals surface area contributed by atoms with E-state index in [1.807, 2.05) is 6.08 Å². The van der Waals surface area contributed by atoms with Gasteiger partial charge in [0.05, 0.1) is 0 Å². The standard InChI is InChI=1S/C16H30BN2/c1-4-5-6-7-10-19-14(2)12-18(13-15(19)3)17-11-16-8-9-16/h4,14-16H,1,5-13H2,2-3H3/t14-,15+. The van der Waals surface area contributed by atoms with Crippen molar-refractivity contribution in [2.24, 2.45) is 5.92 Å². The fraction of sp³-hybridized carbons (Fsp3) is 0.875. The maximum atomic E-state index is 3.80. The van der Waals surface area contributed by atoms with Crippen LogP contribution in [0.3, 0.4) is 0 Å². The van der Waals surface area contributed by atoms with Gasteiger partial charge >= 0.3 is 0 Å². The fourth-order valence-electron chi connectivity index (χ4n) is 3.22. The molecule has 0 bridgehead atoms. The van der Waals surface area contributed by atoms with E-state index in [2.05, 4.69) is 37.6 Å². The summed E-state index contributed by atoms with van der Waals surface area (Å²) in [5, 5.41) is 0. The third-order valence-corrected chi connectivity index (χ3v) is 4.60. The number of hydrogen-bond acceptors (Lipinski definition) is 2. The molecule has 0 N–H and O–H groups in total. The van der Waals surface area contributed by atoms with E-state index in [4.69, 9.17) is 0 Å². The van der Waals surface area contributed by atoms with Gasteiger partial charge in [0, 0.05) is 25.2 Å². The van der Waals surface area contributed by atoms with Gasteiger partial charge in [0.2, 0.25) is 7.41 Å². The molecule has 2 fully saturated rings. The maximum Gasteiger partial charge on any atom is 0.208 e. The lowest BCUT2D eigenvalue weighted by Gasteiger charge is -2.44. The quantitative estimate of drug-likeness (QED) is 0.376. The molecule has 0 spiro atoms. The SMILES string of the molecule is C=CCCCCN1[C@H](C)CN([B]CC2CC2)C[C@@H]1C. The maximum absolute atomic E-state index is 3.80. The van der Waals surface area contributed by atoms with Crippen LogP contribution < -0.4 is 0 Å². The van der Waals surface area contributed by atoms with Crippen LogP contribution in [0.4, 0.5) is 0 Å². The Morgan fingerprint density at radius 1 is 1.16 bits per heavy atom. The van der Waals surface area contributed by atoms with Crippen molar-refractivity contribution in [2.75, 3.05) is 19.6 Å². The number of unbranched alkanes of at least 4 members (excludes halogenated alkanes) is 2. The van der Waals surface area contributed by atoms with E-state index < -0.39 is 0 Å². The Kier molecular flexibility index (Phi) is 5.96. The van der Waals surface area contributed by atoms with Crippen molar-refractivity contribution in [1.29, 1.82) is 0 Å². The Bertz CT molecular complexity index is 266. The summed E-state index contributed by atoms with van der Waals surface area (Å²) in [7, 11) is 2.49. The summed E-state index contributed by atoms with van der Waals surface area (Å²) in [6, 6.07) is 1.39. The smallest absolute Gasteiger partial charge is 0.208 e. The molecule has 2 nitrogen and oxygen atoms in total. The van der Waals surface area contributed by atoms with Crippen LogP contribution in [0.15, 0.2) is 12.7 Å². The first kappa shape index (κ1) is 15.1. The minimum Gasteiger partial charge on any atom is -0.344 e. The molecular formula is C16H30BN2. The number of piperazine rings is 1. The molecule has 1 saturated heterocycles. The third kappa shape index (κ3) is 4.96. The van der Waals surface area contributed by atoms with E-state index in [1.54, 1.807) is 0 Å². The summed E-state index contributed by atoms with van der Waals surface area (Å²) in [5.41, 5.74) is 0. The first-order chi connectivity index (χ1) is 9.20. The van der Waals surface area contributed by atoms with Gasteiger partial charge in [-0.1, -0.05) is 25.2 Å². The molecule has 1 aliphatic carbocycles. The van der Waals surface area contributed by atoms with Crippen molar-refractivity contribution >= 4 is 7.41 Å². The summed E-state index contributed by atoms with van der Waals surface area (Å²) < 4.78 is 0. The molecule has 2 aliphatic rings. The van der Waals surface area contributed by atoms with Crippen molar-refractivity contribution in [3.63, 3.8) is 0 Å². The Hall–Kier alpha value is -0.275. The van der Waals surface area contributed by atoms with Crippen LogP contribution in [-0.2, 0) is 0 Å². The first-order valence-corrected chi connectivity index (χ1v) is 8.14. The molecule has 3 heteroatoms. The predicted molar refractivity (Wildman–Crippen MR) is 84.5 cm³/mol. The monoisotopic (exact) mass is 261 g/mol. The van der Waals surface area contributed by atoms with E-state index in [-0.39, 0.29) is 0 Å². The summed E-state index contributed by atoms with van der Waals surface area (Å²) >= 11 is 0. The Labute approximate surface area is 120 Å². The Balaban J connectivity index is 1.68. The second kappa shape index (κ2) is 7.49. The highest BCUT2D eigenvalue weighted by molar-refractivity contribution is 6.32. The predicted octanol–water partition coefficient (Wildman–Crippen LogP) is 3.18. The lowest BCUT2D eigenvalue weighted by Crippen LogP contribution is -2.57. The molecule has 0 aromatic heterocycles. The highest BCUT2D eigenvalue weighted by Crippen LogP contribution is 2.33. The van der Waals surface area contributed by atoms with Crippen LogP contribution in [0.25, 0.3) is 0 Å². The van der Waals surface area contributed by atoms with Crippen LogP contribution in [0.5, 0.6) is 0 Å². The second-order valence-electron chi connectivity index (χ2n) is 6.54. The van der Waals surface area contributed by atoms with E-state index in [0.717, 1.165) is 12.3 Å². The van der Waals surface area contributed by atoms with Gasteiger partial charge in [-0.3, -0.25) is 4.90 Å². The Morgan fingerprint density at radius 2 is 1.84 bits per heavy atom. The minimum atomic E-state index is 0.697. The molecule has 2 atom stereocenters. The van der Waals surface area contributed by atoms with Crippen LogP contribution in [0.2, 0.25) is 6.32 Å². The first-order valence-electron chi connectivity index (χ1n) is 8.14. The molecule has 107 valence electrons. The minimum absolute atomic E-state index is 0.697. The number of nitrogens with zero attached hydrogens (tertiary/aromatic N) is 2. The largest absolute Gasteiger partial charge is 0.344 e. The Morgan fingerprint density at radius 3 is 2.42 bits per heavy atom. The topological polar surface area (TPSA) is 6.48 Å². The molecule has 1 radical (unpaired) electrons. The summed E-state index contributed by atoms with van der Waals surface area (Å²) in [4.78, 5) is 5.28. The molecule has 0 aromatic rings. The van der Waals surface area contributed by atoms with Crippen molar-refractivity contribution in [2.45, 2.75) is 64.4 Å². The van der Waals surface area contributed by atoms with Gasteiger partial charge < -0.3 is 4.81 Å². The second-order valence-corrected chi connectivity index (χ2v) is 6.54. The van der Waals surface area contributed by atoms with E-state index >= 15 is 0 Å². The highest BCUT2D eigenvalue weighted by Gasteiger charge is 2.30. The normalized spacial score (nSPS) is 29.4. The van der Waals surface area contributed by atoms with Crippen LogP contribution in [0.1, 0.15) is 46.0 Å². The van der Waals surface area contributed by atoms with Crippen molar-refractivity contribution < 1.29 is 0 Å². The average Bonchev–Trinajstić information content (AvgIpc) is 3.18. The third-order valence-electron chi connectivity index (χ3n) is 4.60. The molecule has 0 amide bonds. The van der Waals surface area contributed by atoms with Gasteiger partial charge in [0.1, 0.15) is 0 Å². The zero-order chi connectivity index (χ0) is 13.7. The van der Waals surface area contributed by atoms with E-state index in [0.29, 0.717) is 12.1 Å². The van der Waals surface area contributed by atoms with Gasteiger partial charge in [-0.05, 0) is 45.6 Å². The van der Waals surface area contributed by atoms with E-state index in [9.17, 15) is 0 Å². The molecule has 1 heterocycles. The molecule has 1 saturated carbocycles. The zero-order valence-corrected chi connectivity index (χ0v) is 12.9. The summed E-state index contributed by atoms with van der Waals surface area (Å²) in [5.74, 6) is 1.02. The van der Waals surface area contributed by atoms with Crippen molar-refractivity contribution in [3.8, 4) is 0 Å². The van der Waals surface area contributed by atoms with E-state index in [1.165, 1.54) is 51.6 Å².